The molecular formula is C14H23NS. The molecule has 1 saturated carbocycles. The third-order valence-electron chi connectivity index (χ3n) is 3.58. The van der Waals surface area contributed by atoms with Crippen molar-refractivity contribution in [2.24, 2.45) is 5.92 Å². The van der Waals surface area contributed by atoms with Gasteiger partial charge in [0.25, 0.3) is 0 Å². The van der Waals surface area contributed by atoms with Gasteiger partial charge in [0.05, 0.1) is 10.7 Å². The lowest BCUT2D eigenvalue weighted by Crippen LogP contribution is -2.14. The van der Waals surface area contributed by atoms with E-state index >= 15 is 0 Å². The molecule has 1 aromatic heterocycles. The second-order valence-corrected chi connectivity index (χ2v) is 7.18. The summed E-state index contributed by atoms with van der Waals surface area (Å²) in [4.78, 5) is 4.86. The number of hydrogen-bond acceptors (Lipinski definition) is 2. The molecule has 0 radical (unpaired) electrons. The summed E-state index contributed by atoms with van der Waals surface area (Å²) in [5.41, 5.74) is 1.47. The van der Waals surface area contributed by atoms with Crippen molar-refractivity contribution in [3.05, 3.63) is 16.1 Å². The molecule has 16 heavy (non-hydrogen) atoms. The first kappa shape index (κ1) is 12.1. The molecule has 0 N–H and O–H groups in total. The zero-order valence-corrected chi connectivity index (χ0v) is 11.7. The smallest absolute Gasteiger partial charge is 0.0959 e. The van der Waals surface area contributed by atoms with Gasteiger partial charge in [-0.3, -0.25) is 0 Å². The van der Waals surface area contributed by atoms with E-state index in [1.54, 1.807) is 0 Å². The number of hydrogen-bond donors (Lipinski definition) is 0. The first-order valence-electron chi connectivity index (χ1n) is 6.42. The zero-order valence-electron chi connectivity index (χ0n) is 10.9. The van der Waals surface area contributed by atoms with E-state index in [9.17, 15) is 0 Å². The van der Waals surface area contributed by atoms with Crippen molar-refractivity contribution < 1.29 is 0 Å². The van der Waals surface area contributed by atoms with E-state index in [2.05, 4.69) is 33.1 Å². The second kappa shape index (κ2) is 4.48. The van der Waals surface area contributed by atoms with Crippen LogP contribution in [0.25, 0.3) is 0 Å². The molecule has 1 aromatic rings. The summed E-state index contributed by atoms with van der Waals surface area (Å²) in [6.45, 7) is 9.12. The highest BCUT2D eigenvalue weighted by atomic mass is 32.1. The topological polar surface area (TPSA) is 12.9 Å². The fourth-order valence-corrected chi connectivity index (χ4v) is 3.67. The molecule has 1 heterocycles. The Hall–Kier alpha value is -0.370. The molecule has 0 aromatic carbocycles. The van der Waals surface area contributed by atoms with Crippen molar-refractivity contribution in [1.29, 1.82) is 0 Å². The first-order valence-corrected chi connectivity index (χ1v) is 7.30. The van der Waals surface area contributed by atoms with E-state index in [-0.39, 0.29) is 5.41 Å². The molecule has 0 aliphatic heterocycles. The number of rotatable bonds is 1. The molecule has 2 heteroatoms. The van der Waals surface area contributed by atoms with Crippen molar-refractivity contribution in [1.82, 2.24) is 4.98 Å². The minimum absolute atomic E-state index is 0.203. The highest BCUT2D eigenvalue weighted by molar-refractivity contribution is 7.09. The fourth-order valence-electron chi connectivity index (χ4n) is 2.48. The van der Waals surface area contributed by atoms with Crippen molar-refractivity contribution >= 4 is 11.3 Å². The average molecular weight is 237 g/mol. The summed E-state index contributed by atoms with van der Waals surface area (Å²) in [5.74, 6) is 1.63. The molecule has 2 unspecified atom stereocenters. The van der Waals surface area contributed by atoms with Crippen LogP contribution in [0.2, 0.25) is 0 Å². The molecule has 90 valence electrons. The summed E-state index contributed by atoms with van der Waals surface area (Å²) in [6.07, 6.45) is 5.49. The second-order valence-electron chi connectivity index (χ2n) is 6.29. The summed E-state index contributed by atoms with van der Waals surface area (Å²) in [7, 11) is 0. The predicted molar refractivity (Wildman–Crippen MR) is 71.2 cm³/mol. The van der Waals surface area contributed by atoms with Crippen LogP contribution < -0.4 is 0 Å². The first-order chi connectivity index (χ1) is 7.47. The molecule has 0 bridgehead atoms. The molecule has 1 aliphatic rings. The minimum atomic E-state index is 0.203. The van der Waals surface area contributed by atoms with Crippen LogP contribution in [0.1, 0.15) is 70.0 Å². The van der Waals surface area contributed by atoms with Gasteiger partial charge in [-0.05, 0) is 18.8 Å². The van der Waals surface area contributed by atoms with Crippen LogP contribution in [0, 0.1) is 5.92 Å². The van der Waals surface area contributed by atoms with Gasteiger partial charge in [-0.25, -0.2) is 4.98 Å². The maximum absolute atomic E-state index is 4.86. The summed E-state index contributed by atoms with van der Waals surface area (Å²) in [6, 6.07) is 0. The summed E-state index contributed by atoms with van der Waals surface area (Å²) >= 11 is 1.87. The van der Waals surface area contributed by atoms with Crippen LogP contribution in [0.3, 0.4) is 0 Å². The Bertz CT molecular complexity index is 348. The van der Waals surface area contributed by atoms with Gasteiger partial charge in [0.2, 0.25) is 0 Å². The Balaban J connectivity index is 2.12. The van der Waals surface area contributed by atoms with E-state index < -0.39 is 0 Å². The molecule has 0 spiro atoms. The van der Waals surface area contributed by atoms with Crippen LogP contribution in [-0.2, 0) is 5.41 Å². The Kier molecular flexibility index (Phi) is 3.39. The lowest BCUT2D eigenvalue weighted by atomic mass is 9.83. The highest BCUT2D eigenvalue weighted by Gasteiger charge is 2.25. The molecule has 2 atom stereocenters. The Labute approximate surface area is 103 Å². The van der Waals surface area contributed by atoms with E-state index in [4.69, 9.17) is 4.98 Å². The van der Waals surface area contributed by atoms with Gasteiger partial charge in [0, 0.05) is 16.7 Å². The average Bonchev–Trinajstić information content (AvgIpc) is 2.65. The van der Waals surface area contributed by atoms with Crippen LogP contribution in [0.4, 0.5) is 0 Å². The van der Waals surface area contributed by atoms with Gasteiger partial charge in [-0.2, -0.15) is 0 Å². The normalized spacial score (nSPS) is 27.0. The lowest BCUT2D eigenvalue weighted by Gasteiger charge is -2.25. The van der Waals surface area contributed by atoms with E-state index in [0.717, 1.165) is 11.8 Å². The lowest BCUT2D eigenvalue weighted by molar-refractivity contribution is 0.343. The van der Waals surface area contributed by atoms with E-state index in [1.165, 1.54) is 36.4 Å². The number of aromatic nitrogens is 1. The quantitative estimate of drug-likeness (QED) is 0.688. The molecule has 0 saturated heterocycles. The number of thiazole rings is 1. The monoisotopic (exact) mass is 237 g/mol. The Morgan fingerprint density at radius 2 is 2.06 bits per heavy atom. The maximum Gasteiger partial charge on any atom is 0.0959 e. The largest absolute Gasteiger partial charge is 0.245 e. The van der Waals surface area contributed by atoms with Gasteiger partial charge in [-0.15, -0.1) is 11.3 Å². The predicted octanol–water partition coefficient (Wildman–Crippen LogP) is 4.73. The highest BCUT2D eigenvalue weighted by Crippen LogP contribution is 2.38. The van der Waals surface area contributed by atoms with Gasteiger partial charge in [0.1, 0.15) is 0 Å². The molecular weight excluding hydrogens is 214 g/mol. The molecule has 1 nitrogen and oxygen atoms in total. The molecule has 1 fully saturated rings. The SMILES string of the molecule is CC1CCCC(c2nc(C(C)(C)C)cs2)C1. The van der Waals surface area contributed by atoms with Crippen LogP contribution >= 0.6 is 11.3 Å². The molecule has 0 amide bonds. The number of nitrogens with zero attached hydrogens (tertiary/aromatic N) is 1. The maximum atomic E-state index is 4.86. The van der Waals surface area contributed by atoms with Crippen LogP contribution in [-0.4, -0.2) is 4.98 Å². The van der Waals surface area contributed by atoms with Crippen molar-refractivity contribution in [2.45, 2.75) is 64.7 Å². The Morgan fingerprint density at radius 1 is 1.31 bits per heavy atom. The van der Waals surface area contributed by atoms with Crippen LogP contribution in [0.15, 0.2) is 5.38 Å². The third kappa shape index (κ3) is 2.65. The van der Waals surface area contributed by atoms with Crippen molar-refractivity contribution in [3.63, 3.8) is 0 Å². The third-order valence-corrected chi connectivity index (χ3v) is 4.58. The summed E-state index contributed by atoms with van der Waals surface area (Å²) < 4.78 is 0. The minimum Gasteiger partial charge on any atom is -0.245 e. The van der Waals surface area contributed by atoms with E-state index in [1.807, 2.05) is 11.3 Å². The van der Waals surface area contributed by atoms with Gasteiger partial charge in [-0.1, -0.05) is 40.5 Å². The van der Waals surface area contributed by atoms with Crippen molar-refractivity contribution in [3.8, 4) is 0 Å². The fraction of sp³-hybridized carbons (Fsp3) is 0.786. The van der Waals surface area contributed by atoms with Gasteiger partial charge in [0.15, 0.2) is 0 Å². The van der Waals surface area contributed by atoms with Gasteiger partial charge >= 0.3 is 0 Å². The van der Waals surface area contributed by atoms with E-state index in [0.29, 0.717) is 0 Å². The van der Waals surface area contributed by atoms with Crippen molar-refractivity contribution in [2.75, 3.05) is 0 Å². The summed E-state index contributed by atoms with van der Waals surface area (Å²) in [5, 5.41) is 3.64. The molecule has 1 aliphatic carbocycles. The zero-order chi connectivity index (χ0) is 11.8. The van der Waals surface area contributed by atoms with Gasteiger partial charge < -0.3 is 0 Å². The van der Waals surface area contributed by atoms with Crippen LogP contribution in [0.5, 0.6) is 0 Å². The Morgan fingerprint density at radius 3 is 2.62 bits per heavy atom. The molecule has 2 rings (SSSR count). The standard InChI is InChI=1S/C14H23NS/c1-10-6-5-7-11(8-10)13-15-12(9-16-13)14(2,3)4/h9-11H,5-8H2,1-4H3.